The van der Waals surface area contributed by atoms with E-state index in [1.165, 1.54) is 36.9 Å². The summed E-state index contributed by atoms with van der Waals surface area (Å²) in [6.45, 7) is 1.94. The third-order valence-electron chi connectivity index (χ3n) is 4.68. The van der Waals surface area contributed by atoms with Gasteiger partial charge in [-0.25, -0.2) is 4.68 Å². The van der Waals surface area contributed by atoms with E-state index in [1.807, 2.05) is 24.3 Å². The van der Waals surface area contributed by atoms with Crippen molar-refractivity contribution in [3.8, 4) is 5.69 Å². The Morgan fingerprint density at radius 1 is 1.35 bits per heavy atom. The molecule has 1 fully saturated rings. The van der Waals surface area contributed by atoms with Crippen molar-refractivity contribution in [2.75, 3.05) is 13.7 Å². The monoisotopic (exact) mass is 311 g/mol. The molecule has 5 heteroatoms. The molecule has 1 aliphatic carbocycles. The van der Waals surface area contributed by atoms with Crippen LogP contribution in [0, 0.1) is 0 Å². The first-order valence-electron chi connectivity index (χ1n) is 8.24. The first-order valence-corrected chi connectivity index (χ1v) is 8.24. The van der Waals surface area contributed by atoms with Crippen molar-refractivity contribution in [1.29, 1.82) is 0 Å². The lowest BCUT2D eigenvalue weighted by Gasteiger charge is -2.15. The summed E-state index contributed by atoms with van der Waals surface area (Å²) in [6, 6.07) is 8.06. The fourth-order valence-electron chi connectivity index (χ4n) is 3.27. The van der Waals surface area contributed by atoms with E-state index in [9.17, 15) is 4.79 Å². The van der Waals surface area contributed by atoms with E-state index >= 15 is 0 Å². The smallest absolute Gasteiger partial charge is 0.309 e. The Morgan fingerprint density at radius 2 is 2.13 bits per heavy atom. The van der Waals surface area contributed by atoms with Gasteiger partial charge in [-0.2, -0.15) is 5.10 Å². The number of carbonyl (C=O) groups excluding carboxylic acids is 1. The van der Waals surface area contributed by atoms with Crippen LogP contribution < -0.4 is 5.32 Å². The zero-order valence-electron chi connectivity index (χ0n) is 13.3. The number of fused-ring (bicyclic) bond motifs is 1. The Morgan fingerprint density at radius 3 is 2.83 bits per heavy atom. The number of hydrogen-bond donors (Lipinski definition) is 1. The molecule has 0 saturated heterocycles. The highest BCUT2D eigenvalue weighted by Crippen LogP contribution is 2.42. The molecule has 0 amide bonds. The first-order chi connectivity index (χ1) is 11.3. The highest BCUT2D eigenvalue weighted by Gasteiger charge is 2.32. The van der Waals surface area contributed by atoms with Crippen molar-refractivity contribution in [2.24, 2.45) is 0 Å². The van der Waals surface area contributed by atoms with E-state index in [2.05, 4.69) is 10.00 Å². The van der Waals surface area contributed by atoms with Gasteiger partial charge in [0.2, 0.25) is 0 Å². The molecule has 0 radical (unpaired) electrons. The second-order valence-corrected chi connectivity index (χ2v) is 6.34. The van der Waals surface area contributed by atoms with Crippen molar-refractivity contribution < 1.29 is 9.53 Å². The minimum absolute atomic E-state index is 0.212. The Labute approximate surface area is 135 Å². The molecule has 5 nitrogen and oxygen atoms in total. The molecule has 2 aliphatic rings. The zero-order valence-corrected chi connectivity index (χ0v) is 13.3. The molecule has 1 saturated carbocycles. The summed E-state index contributed by atoms with van der Waals surface area (Å²) in [4.78, 5) is 11.4. The number of ether oxygens (including phenoxy) is 1. The molecule has 1 aromatic heterocycles. The Balaban J connectivity index is 1.66. The number of benzene rings is 1. The standard InChI is InChI=1S/C18H21N3O2/c1-23-17(22)10-12-2-6-14(7-3-12)21-16-8-9-19-11-15(16)18(20-21)13-4-5-13/h2-3,6-7,13,19H,4-5,8-11H2,1H3. The lowest BCUT2D eigenvalue weighted by atomic mass is 10.0. The summed E-state index contributed by atoms with van der Waals surface area (Å²) in [5, 5.41) is 8.38. The molecule has 0 spiro atoms. The predicted octanol–water partition coefficient (Wildman–Crippen LogP) is 2.11. The van der Waals surface area contributed by atoms with Crippen LogP contribution in [-0.4, -0.2) is 29.4 Å². The second-order valence-electron chi connectivity index (χ2n) is 6.34. The van der Waals surface area contributed by atoms with E-state index < -0.39 is 0 Å². The van der Waals surface area contributed by atoms with Crippen molar-refractivity contribution in [2.45, 2.75) is 38.1 Å². The van der Waals surface area contributed by atoms with E-state index in [0.717, 1.165) is 30.8 Å². The average molecular weight is 311 g/mol. The third kappa shape index (κ3) is 2.77. The molecule has 2 heterocycles. The summed E-state index contributed by atoms with van der Waals surface area (Å²) in [5.41, 5.74) is 6.06. The topological polar surface area (TPSA) is 56.2 Å². The average Bonchev–Trinajstić information content (AvgIpc) is 3.36. The number of rotatable bonds is 4. The van der Waals surface area contributed by atoms with Crippen LogP contribution >= 0.6 is 0 Å². The Bertz CT molecular complexity index is 729. The van der Waals surface area contributed by atoms with Crippen molar-refractivity contribution in [3.63, 3.8) is 0 Å². The van der Waals surface area contributed by atoms with Gasteiger partial charge in [-0.3, -0.25) is 4.79 Å². The highest BCUT2D eigenvalue weighted by atomic mass is 16.5. The Hall–Kier alpha value is -2.14. The SMILES string of the molecule is COC(=O)Cc1ccc(-n2nc(C3CC3)c3c2CCNC3)cc1. The maximum Gasteiger partial charge on any atom is 0.309 e. The molecule has 0 bridgehead atoms. The van der Waals surface area contributed by atoms with Crippen LogP contribution in [0.4, 0.5) is 0 Å². The summed E-state index contributed by atoms with van der Waals surface area (Å²) in [7, 11) is 1.42. The van der Waals surface area contributed by atoms with Gasteiger partial charge in [0.1, 0.15) is 0 Å². The summed E-state index contributed by atoms with van der Waals surface area (Å²) in [6.07, 6.45) is 3.85. The number of nitrogens with zero attached hydrogens (tertiary/aromatic N) is 2. The summed E-state index contributed by atoms with van der Waals surface area (Å²) >= 11 is 0. The van der Waals surface area contributed by atoms with Crippen LogP contribution in [0.15, 0.2) is 24.3 Å². The maximum absolute atomic E-state index is 11.4. The molecular weight excluding hydrogens is 290 g/mol. The van der Waals surface area contributed by atoms with Crippen LogP contribution in [-0.2, 0) is 28.9 Å². The Kier molecular flexibility index (Phi) is 3.65. The molecule has 4 rings (SSSR count). The lowest BCUT2D eigenvalue weighted by Crippen LogP contribution is -2.24. The molecule has 120 valence electrons. The van der Waals surface area contributed by atoms with Gasteiger partial charge in [0.25, 0.3) is 0 Å². The van der Waals surface area contributed by atoms with Gasteiger partial charge in [-0.1, -0.05) is 12.1 Å². The minimum Gasteiger partial charge on any atom is -0.469 e. The fourth-order valence-corrected chi connectivity index (χ4v) is 3.27. The highest BCUT2D eigenvalue weighted by molar-refractivity contribution is 5.72. The van der Waals surface area contributed by atoms with Crippen LogP contribution in [0.25, 0.3) is 5.69 Å². The number of esters is 1. The van der Waals surface area contributed by atoms with E-state index in [0.29, 0.717) is 12.3 Å². The minimum atomic E-state index is -0.212. The molecule has 23 heavy (non-hydrogen) atoms. The normalized spacial score (nSPS) is 16.9. The fraction of sp³-hybridized carbons (Fsp3) is 0.444. The van der Waals surface area contributed by atoms with Crippen molar-refractivity contribution in [3.05, 3.63) is 46.8 Å². The van der Waals surface area contributed by atoms with Gasteiger partial charge < -0.3 is 10.1 Å². The molecule has 0 atom stereocenters. The number of carbonyl (C=O) groups is 1. The second kappa shape index (κ2) is 5.81. The molecule has 1 aliphatic heterocycles. The number of nitrogens with one attached hydrogen (secondary N) is 1. The van der Waals surface area contributed by atoms with E-state index in [1.54, 1.807) is 0 Å². The molecule has 1 aromatic carbocycles. The van der Waals surface area contributed by atoms with Crippen molar-refractivity contribution >= 4 is 5.97 Å². The summed E-state index contributed by atoms with van der Waals surface area (Å²) in [5.74, 6) is 0.444. The number of aromatic nitrogens is 2. The maximum atomic E-state index is 11.4. The largest absolute Gasteiger partial charge is 0.469 e. The van der Waals surface area contributed by atoms with Crippen LogP contribution in [0.5, 0.6) is 0 Å². The number of methoxy groups -OCH3 is 1. The number of hydrogen-bond acceptors (Lipinski definition) is 4. The van der Waals surface area contributed by atoms with E-state index in [-0.39, 0.29) is 5.97 Å². The van der Waals surface area contributed by atoms with Gasteiger partial charge in [0, 0.05) is 31.0 Å². The first kappa shape index (κ1) is 14.5. The zero-order chi connectivity index (χ0) is 15.8. The third-order valence-corrected chi connectivity index (χ3v) is 4.68. The molecule has 1 N–H and O–H groups in total. The quantitative estimate of drug-likeness (QED) is 0.879. The molecule has 2 aromatic rings. The van der Waals surface area contributed by atoms with Gasteiger partial charge in [-0.15, -0.1) is 0 Å². The van der Waals surface area contributed by atoms with Crippen LogP contribution in [0.1, 0.15) is 41.3 Å². The lowest BCUT2D eigenvalue weighted by molar-refractivity contribution is -0.139. The van der Waals surface area contributed by atoms with Gasteiger partial charge in [0.15, 0.2) is 0 Å². The van der Waals surface area contributed by atoms with E-state index in [4.69, 9.17) is 9.84 Å². The van der Waals surface area contributed by atoms with Gasteiger partial charge in [0.05, 0.1) is 30.6 Å². The van der Waals surface area contributed by atoms with Gasteiger partial charge in [-0.05, 0) is 30.5 Å². The predicted molar refractivity (Wildman–Crippen MR) is 86.7 cm³/mol. The molecular formula is C18H21N3O2. The van der Waals surface area contributed by atoms with Gasteiger partial charge >= 0.3 is 5.97 Å². The molecule has 0 unspecified atom stereocenters. The van der Waals surface area contributed by atoms with Crippen molar-refractivity contribution in [1.82, 2.24) is 15.1 Å². The van der Waals surface area contributed by atoms with Crippen LogP contribution in [0.3, 0.4) is 0 Å². The summed E-state index contributed by atoms with van der Waals surface area (Å²) < 4.78 is 6.82. The van der Waals surface area contributed by atoms with Crippen LogP contribution in [0.2, 0.25) is 0 Å².